The van der Waals surface area contributed by atoms with Crippen molar-refractivity contribution >= 4 is 5.97 Å². The van der Waals surface area contributed by atoms with E-state index in [-0.39, 0.29) is 6.42 Å². The van der Waals surface area contributed by atoms with Crippen molar-refractivity contribution in [1.82, 2.24) is 9.97 Å². The quantitative estimate of drug-likeness (QED) is 0.800. The molecule has 2 rings (SSSR count). The molecule has 1 aliphatic rings. The lowest BCUT2D eigenvalue weighted by Gasteiger charge is -2.21. The first kappa shape index (κ1) is 12.9. The van der Waals surface area contributed by atoms with Gasteiger partial charge in [0.2, 0.25) is 0 Å². The SMILES string of the molecule is NC(Cc1nccc(C2CCOCC2)n1)C(=O)O. The standard InChI is InChI=1S/C12H17N3O3/c13-9(12(16)17)7-11-14-4-1-10(15-11)8-2-5-18-6-3-8/h1,4,8-9H,2-3,5-7,13H2,(H,16,17). The molecule has 1 unspecified atom stereocenters. The maximum Gasteiger partial charge on any atom is 0.320 e. The van der Waals surface area contributed by atoms with Gasteiger partial charge in [-0.15, -0.1) is 0 Å². The van der Waals surface area contributed by atoms with Crippen molar-refractivity contribution in [3.63, 3.8) is 0 Å². The van der Waals surface area contributed by atoms with Gasteiger partial charge in [0.05, 0.1) is 0 Å². The highest BCUT2D eigenvalue weighted by molar-refractivity contribution is 5.73. The monoisotopic (exact) mass is 251 g/mol. The summed E-state index contributed by atoms with van der Waals surface area (Å²) in [4.78, 5) is 19.2. The van der Waals surface area contributed by atoms with E-state index in [2.05, 4.69) is 9.97 Å². The number of nitrogens with zero attached hydrogens (tertiary/aromatic N) is 2. The molecule has 3 N–H and O–H groups in total. The molecule has 0 aromatic carbocycles. The maximum atomic E-state index is 10.7. The lowest BCUT2D eigenvalue weighted by atomic mass is 9.96. The molecule has 1 atom stereocenters. The van der Waals surface area contributed by atoms with Gasteiger partial charge in [0, 0.05) is 37.4 Å². The lowest BCUT2D eigenvalue weighted by molar-refractivity contribution is -0.138. The molecule has 6 heteroatoms. The second-order valence-electron chi connectivity index (χ2n) is 4.43. The Morgan fingerprint density at radius 3 is 2.94 bits per heavy atom. The summed E-state index contributed by atoms with van der Waals surface area (Å²) in [6, 6.07) is 0.932. The Hall–Kier alpha value is -1.53. The number of aromatic nitrogens is 2. The first-order valence-corrected chi connectivity index (χ1v) is 6.05. The Labute approximate surface area is 105 Å². The largest absolute Gasteiger partial charge is 0.480 e. The Morgan fingerprint density at radius 2 is 2.28 bits per heavy atom. The van der Waals surface area contributed by atoms with Gasteiger partial charge in [0.1, 0.15) is 11.9 Å². The third kappa shape index (κ3) is 3.24. The van der Waals surface area contributed by atoms with Crippen molar-refractivity contribution in [2.24, 2.45) is 5.73 Å². The fraction of sp³-hybridized carbons (Fsp3) is 0.583. The summed E-state index contributed by atoms with van der Waals surface area (Å²) in [6.07, 6.45) is 3.72. The number of hydrogen-bond acceptors (Lipinski definition) is 5. The summed E-state index contributed by atoms with van der Waals surface area (Å²) in [5, 5.41) is 8.76. The van der Waals surface area contributed by atoms with Crippen molar-refractivity contribution < 1.29 is 14.6 Å². The molecule has 1 aromatic heterocycles. The lowest BCUT2D eigenvalue weighted by Crippen LogP contribution is -2.33. The molecule has 0 saturated carbocycles. The third-order valence-electron chi connectivity index (χ3n) is 3.09. The van der Waals surface area contributed by atoms with Gasteiger partial charge in [-0.3, -0.25) is 4.79 Å². The number of carboxylic acids is 1. The van der Waals surface area contributed by atoms with E-state index in [1.54, 1.807) is 6.20 Å². The van der Waals surface area contributed by atoms with Crippen LogP contribution in [0.15, 0.2) is 12.3 Å². The predicted molar refractivity (Wildman–Crippen MR) is 64.1 cm³/mol. The Kier molecular flexibility index (Phi) is 4.22. The molecule has 18 heavy (non-hydrogen) atoms. The minimum Gasteiger partial charge on any atom is -0.480 e. The van der Waals surface area contributed by atoms with Gasteiger partial charge in [0.25, 0.3) is 0 Å². The van der Waals surface area contributed by atoms with E-state index < -0.39 is 12.0 Å². The molecule has 0 bridgehead atoms. The summed E-state index contributed by atoms with van der Waals surface area (Å²) in [7, 11) is 0. The van der Waals surface area contributed by atoms with Crippen LogP contribution >= 0.6 is 0 Å². The summed E-state index contributed by atoms with van der Waals surface area (Å²) >= 11 is 0. The van der Waals surface area contributed by atoms with E-state index in [4.69, 9.17) is 15.6 Å². The van der Waals surface area contributed by atoms with Crippen LogP contribution in [0.2, 0.25) is 0 Å². The number of carbonyl (C=O) groups is 1. The molecule has 1 aromatic rings. The van der Waals surface area contributed by atoms with Crippen molar-refractivity contribution in [3.05, 3.63) is 23.8 Å². The van der Waals surface area contributed by atoms with Gasteiger partial charge in [-0.05, 0) is 18.9 Å². The van der Waals surface area contributed by atoms with E-state index in [0.717, 1.165) is 31.7 Å². The molecular formula is C12H17N3O3. The van der Waals surface area contributed by atoms with Crippen molar-refractivity contribution in [2.75, 3.05) is 13.2 Å². The zero-order valence-electron chi connectivity index (χ0n) is 10.1. The van der Waals surface area contributed by atoms with Crippen LogP contribution in [-0.4, -0.2) is 40.3 Å². The van der Waals surface area contributed by atoms with Gasteiger partial charge < -0.3 is 15.6 Å². The third-order valence-corrected chi connectivity index (χ3v) is 3.09. The summed E-state index contributed by atoms with van der Waals surface area (Å²) in [5.41, 5.74) is 6.44. The van der Waals surface area contributed by atoms with Crippen LogP contribution in [-0.2, 0) is 16.0 Å². The fourth-order valence-electron chi connectivity index (χ4n) is 2.02. The van der Waals surface area contributed by atoms with Crippen LogP contribution in [0.4, 0.5) is 0 Å². The van der Waals surface area contributed by atoms with Crippen LogP contribution in [0.5, 0.6) is 0 Å². The van der Waals surface area contributed by atoms with Crippen molar-refractivity contribution in [3.8, 4) is 0 Å². The van der Waals surface area contributed by atoms with Crippen LogP contribution in [0.25, 0.3) is 0 Å². The van der Waals surface area contributed by atoms with E-state index in [9.17, 15) is 4.79 Å². The number of ether oxygens (including phenoxy) is 1. The number of rotatable bonds is 4. The normalized spacial score (nSPS) is 18.5. The van der Waals surface area contributed by atoms with Gasteiger partial charge in [-0.25, -0.2) is 9.97 Å². The number of aliphatic carboxylic acids is 1. The first-order chi connectivity index (χ1) is 8.66. The highest BCUT2D eigenvalue weighted by Gasteiger charge is 2.19. The number of carboxylic acid groups (broad SMARTS) is 1. The van der Waals surface area contributed by atoms with Crippen LogP contribution in [0.1, 0.15) is 30.3 Å². The second-order valence-corrected chi connectivity index (χ2v) is 4.43. The van der Waals surface area contributed by atoms with Crippen LogP contribution in [0, 0.1) is 0 Å². The molecule has 1 fully saturated rings. The zero-order chi connectivity index (χ0) is 13.0. The summed E-state index contributed by atoms with van der Waals surface area (Å²) in [5.74, 6) is -0.162. The molecule has 6 nitrogen and oxygen atoms in total. The van der Waals surface area contributed by atoms with E-state index >= 15 is 0 Å². The predicted octanol–water partition coefficient (Wildman–Crippen LogP) is 0.325. The molecule has 0 spiro atoms. The molecule has 1 saturated heterocycles. The van der Waals surface area contributed by atoms with E-state index in [1.165, 1.54) is 0 Å². The average molecular weight is 251 g/mol. The minimum atomic E-state index is -1.03. The molecule has 0 amide bonds. The number of hydrogen-bond donors (Lipinski definition) is 2. The Balaban J connectivity index is 2.06. The van der Waals surface area contributed by atoms with E-state index in [0.29, 0.717) is 11.7 Å². The second kappa shape index (κ2) is 5.88. The molecule has 2 heterocycles. The first-order valence-electron chi connectivity index (χ1n) is 6.05. The highest BCUT2D eigenvalue weighted by atomic mass is 16.5. The molecule has 98 valence electrons. The van der Waals surface area contributed by atoms with Gasteiger partial charge in [-0.2, -0.15) is 0 Å². The topological polar surface area (TPSA) is 98.3 Å². The average Bonchev–Trinajstić information content (AvgIpc) is 2.40. The van der Waals surface area contributed by atoms with Gasteiger partial charge >= 0.3 is 5.97 Å². The molecule has 0 aliphatic carbocycles. The molecule has 1 aliphatic heterocycles. The Morgan fingerprint density at radius 1 is 1.56 bits per heavy atom. The Bertz CT molecular complexity index is 419. The highest BCUT2D eigenvalue weighted by Crippen LogP contribution is 2.24. The van der Waals surface area contributed by atoms with E-state index in [1.807, 2.05) is 6.07 Å². The molecular weight excluding hydrogens is 234 g/mol. The zero-order valence-corrected chi connectivity index (χ0v) is 10.1. The van der Waals surface area contributed by atoms with Crippen molar-refractivity contribution in [2.45, 2.75) is 31.2 Å². The maximum absolute atomic E-state index is 10.7. The van der Waals surface area contributed by atoms with Gasteiger partial charge in [-0.1, -0.05) is 0 Å². The summed E-state index contributed by atoms with van der Waals surface area (Å²) in [6.45, 7) is 1.50. The minimum absolute atomic E-state index is 0.159. The van der Waals surface area contributed by atoms with Crippen LogP contribution in [0.3, 0.4) is 0 Å². The van der Waals surface area contributed by atoms with Crippen molar-refractivity contribution in [1.29, 1.82) is 0 Å². The smallest absolute Gasteiger partial charge is 0.320 e. The molecule has 0 radical (unpaired) electrons. The summed E-state index contributed by atoms with van der Waals surface area (Å²) < 4.78 is 5.31. The van der Waals surface area contributed by atoms with Crippen LogP contribution < -0.4 is 5.73 Å². The number of nitrogens with two attached hydrogens (primary N) is 1. The fourth-order valence-corrected chi connectivity index (χ4v) is 2.02. The van der Waals surface area contributed by atoms with Gasteiger partial charge in [0.15, 0.2) is 0 Å².